The molecular formula is C20H22N6O3. The molecule has 1 aliphatic heterocycles. The molecule has 1 aromatic carbocycles. The van der Waals surface area contributed by atoms with Crippen molar-refractivity contribution in [1.82, 2.24) is 24.9 Å². The van der Waals surface area contributed by atoms with Crippen molar-refractivity contribution in [3.05, 3.63) is 54.9 Å². The summed E-state index contributed by atoms with van der Waals surface area (Å²) in [6.07, 6.45) is 3.52. The fourth-order valence-electron chi connectivity index (χ4n) is 3.17. The fourth-order valence-corrected chi connectivity index (χ4v) is 3.17. The first-order chi connectivity index (χ1) is 14.2. The first kappa shape index (κ1) is 18.7. The number of hydrogen-bond donors (Lipinski definition) is 0. The summed E-state index contributed by atoms with van der Waals surface area (Å²) in [6, 6.07) is 12.9. The second-order valence-electron chi connectivity index (χ2n) is 6.51. The van der Waals surface area contributed by atoms with Crippen LogP contribution in [0.5, 0.6) is 11.5 Å². The molecule has 29 heavy (non-hydrogen) atoms. The predicted octanol–water partition coefficient (Wildman–Crippen LogP) is 1.40. The maximum atomic E-state index is 12.5. The molecule has 0 unspecified atom stereocenters. The molecular weight excluding hydrogens is 372 g/mol. The van der Waals surface area contributed by atoms with E-state index in [-0.39, 0.29) is 12.5 Å². The van der Waals surface area contributed by atoms with Crippen molar-refractivity contribution < 1.29 is 14.3 Å². The Balaban J connectivity index is 1.29. The Morgan fingerprint density at radius 3 is 2.34 bits per heavy atom. The second kappa shape index (κ2) is 8.59. The largest absolute Gasteiger partial charge is 0.493 e. The molecule has 0 radical (unpaired) electrons. The average Bonchev–Trinajstić information content (AvgIpc) is 3.33. The van der Waals surface area contributed by atoms with Crippen LogP contribution < -0.4 is 14.4 Å². The lowest BCUT2D eigenvalue weighted by molar-refractivity contribution is -0.133. The van der Waals surface area contributed by atoms with E-state index < -0.39 is 0 Å². The smallest absolute Gasteiger partial charge is 0.260 e. The molecule has 3 aromatic rings. The number of aromatic nitrogens is 4. The number of carbonyl (C=O) groups is 1. The van der Waals surface area contributed by atoms with Crippen LogP contribution in [-0.4, -0.2) is 70.7 Å². The van der Waals surface area contributed by atoms with Crippen molar-refractivity contribution in [2.75, 3.05) is 44.8 Å². The Labute approximate surface area is 168 Å². The number of ether oxygens (including phenoxy) is 2. The van der Waals surface area contributed by atoms with Crippen molar-refractivity contribution in [3.8, 4) is 17.3 Å². The average molecular weight is 394 g/mol. The van der Waals surface area contributed by atoms with Crippen LogP contribution in [-0.2, 0) is 4.79 Å². The van der Waals surface area contributed by atoms with Gasteiger partial charge in [-0.15, -0.1) is 10.2 Å². The van der Waals surface area contributed by atoms with Gasteiger partial charge in [0.1, 0.15) is 0 Å². The maximum absolute atomic E-state index is 12.5. The van der Waals surface area contributed by atoms with Gasteiger partial charge in [-0.3, -0.25) is 4.79 Å². The first-order valence-corrected chi connectivity index (χ1v) is 9.37. The fraction of sp³-hybridized carbons (Fsp3) is 0.300. The topological polar surface area (TPSA) is 85.6 Å². The van der Waals surface area contributed by atoms with Crippen molar-refractivity contribution in [2.45, 2.75) is 0 Å². The van der Waals surface area contributed by atoms with E-state index in [1.54, 1.807) is 35.0 Å². The number of amides is 1. The van der Waals surface area contributed by atoms with Gasteiger partial charge in [-0.2, -0.15) is 5.10 Å². The normalized spacial score (nSPS) is 14.0. The van der Waals surface area contributed by atoms with Crippen LogP contribution >= 0.6 is 0 Å². The Hall–Kier alpha value is -3.62. The summed E-state index contributed by atoms with van der Waals surface area (Å²) in [5.41, 5.74) is 0. The number of para-hydroxylation sites is 2. The third-order valence-corrected chi connectivity index (χ3v) is 4.75. The quantitative estimate of drug-likeness (QED) is 0.625. The van der Waals surface area contributed by atoms with E-state index in [2.05, 4.69) is 20.2 Å². The van der Waals surface area contributed by atoms with Gasteiger partial charge < -0.3 is 19.3 Å². The molecule has 150 valence electrons. The number of rotatable bonds is 6. The van der Waals surface area contributed by atoms with E-state index >= 15 is 0 Å². The van der Waals surface area contributed by atoms with Crippen LogP contribution in [0, 0.1) is 0 Å². The van der Waals surface area contributed by atoms with Gasteiger partial charge in [-0.25, -0.2) is 4.68 Å². The number of carbonyl (C=O) groups excluding carboxylic acids is 1. The van der Waals surface area contributed by atoms with Crippen LogP contribution in [0.25, 0.3) is 5.82 Å². The minimum Gasteiger partial charge on any atom is -0.493 e. The molecule has 1 amide bonds. The highest BCUT2D eigenvalue weighted by molar-refractivity contribution is 5.78. The van der Waals surface area contributed by atoms with Gasteiger partial charge in [0, 0.05) is 38.6 Å². The van der Waals surface area contributed by atoms with Gasteiger partial charge in [0.2, 0.25) is 0 Å². The summed E-state index contributed by atoms with van der Waals surface area (Å²) >= 11 is 0. The molecule has 0 N–H and O–H groups in total. The van der Waals surface area contributed by atoms with E-state index in [1.165, 1.54) is 0 Å². The molecule has 1 fully saturated rings. The summed E-state index contributed by atoms with van der Waals surface area (Å²) in [5.74, 6) is 2.59. The number of methoxy groups -OCH3 is 1. The van der Waals surface area contributed by atoms with Crippen molar-refractivity contribution in [3.63, 3.8) is 0 Å². The molecule has 2 aromatic heterocycles. The lowest BCUT2D eigenvalue weighted by Gasteiger charge is -2.35. The van der Waals surface area contributed by atoms with Crippen molar-refractivity contribution >= 4 is 11.7 Å². The molecule has 3 heterocycles. The zero-order valence-electron chi connectivity index (χ0n) is 16.1. The minimum atomic E-state index is -0.0457. The van der Waals surface area contributed by atoms with Gasteiger partial charge in [-0.05, 0) is 30.3 Å². The third kappa shape index (κ3) is 4.29. The highest BCUT2D eigenvalue weighted by atomic mass is 16.5. The molecule has 1 saturated heterocycles. The second-order valence-corrected chi connectivity index (χ2v) is 6.51. The molecule has 9 nitrogen and oxygen atoms in total. The SMILES string of the molecule is COc1ccccc1OCC(=O)N1CCN(c2ccc(-n3cccn3)nn2)CC1. The van der Waals surface area contributed by atoms with E-state index in [9.17, 15) is 4.79 Å². The number of nitrogens with zero attached hydrogens (tertiary/aromatic N) is 6. The standard InChI is InChI=1S/C20H22N6O3/c1-28-16-5-2-3-6-17(16)29-15-20(27)25-13-11-24(12-14-25)18-7-8-19(23-22-18)26-10-4-9-21-26/h2-10H,11-15H2,1H3. The van der Waals surface area contributed by atoms with Crippen molar-refractivity contribution in [1.29, 1.82) is 0 Å². The Kier molecular flexibility index (Phi) is 5.55. The molecule has 0 atom stereocenters. The molecule has 0 aliphatic carbocycles. The van der Waals surface area contributed by atoms with Crippen LogP contribution in [0.1, 0.15) is 0 Å². The maximum Gasteiger partial charge on any atom is 0.260 e. The predicted molar refractivity (Wildman–Crippen MR) is 106 cm³/mol. The van der Waals surface area contributed by atoms with Crippen LogP contribution in [0.2, 0.25) is 0 Å². The Morgan fingerprint density at radius 1 is 0.966 bits per heavy atom. The van der Waals surface area contributed by atoms with Crippen LogP contribution in [0.15, 0.2) is 54.9 Å². The van der Waals surface area contributed by atoms with Crippen LogP contribution in [0.4, 0.5) is 5.82 Å². The van der Waals surface area contributed by atoms with E-state index in [0.29, 0.717) is 43.5 Å². The number of piperazine rings is 1. The first-order valence-electron chi connectivity index (χ1n) is 9.37. The zero-order chi connectivity index (χ0) is 20.1. The van der Waals surface area contributed by atoms with Gasteiger partial charge in [0.05, 0.1) is 7.11 Å². The summed E-state index contributed by atoms with van der Waals surface area (Å²) in [4.78, 5) is 16.4. The van der Waals surface area contributed by atoms with E-state index in [0.717, 1.165) is 5.82 Å². The van der Waals surface area contributed by atoms with Gasteiger partial charge in [0.25, 0.3) is 5.91 Å². The number of benzene rings is 1. The molecule has 0 bridgehead atoms. The minimum absolute atomic E-state index is 0.0151. The Bertz CT molecular complexity index is 937. The highest BCUT2D eigenvalue weighted by Gasteiger charge is 2.22. The van der Waals surface area contributed by atoms with Gasteiger partial charge in [0.15, 0.2) is 29.7 Å². The number of hydrogen-bond acceptors (Lipinski definition) is 7. The molecule has 9 heteroatoms. The van der Waals surface area contributed by atoms with Gasteiger partial charge >= 0.3 is 0 Å². The zero-order valence-corrected chi connectivity index (χ0v) is 16.1. The summed E-state index contributed by atoms with van der Waals surface area (Å²) in [5, 5.41) is 12.7. The van der Waals surface area contributed by atoms with Crippen molar-refractivity contribution in [2.24, 2.45) is 0 Å². The van der Waals surface area contributed by atoms with E-state index in [4.69, 9.17) is 9.47 Å². The molecule has 0 spiro atoms. The third-order valence-electron chi connectivity index (χ3n) is 4.75. The summed E-state index contributed by atoms with van der Waals surface area (Å²) < 4.78 is 12.5. The summed E-state index contributed by atoms with van der Waals surface area (Å²) in [7, 11) is 1.58. The van der Waals surface area contributed by atoms with E-state index in [1.807, 2.05) is 36.5 Å². The van der Waals surface area contributed by atoms with Gasteiger partial charge in [-0.1, -0.05) is 12.1 Å². The molecule has 1 aliphatic rings. The molecule has 4 rings (SSSR count). The monoisotopic (exact) mass is 394 g/mol. The number of anilines is 1. The molecule has 0 saturated carbocycles. The summed E-state index contributed by atoms with van der Waals surface area (Å²) in [6.45, 7) is 2.58. The lowest BCUT2D eigenvalue weighted by Crippen LogP contribution is -2.50. The Morgan fingerprint density at radius 2 is 1.69 bits per heavy atom. The van der Waals surface area contributed by atoms with Crippen LogP contribution in [0.3, 0.4) is 0 Å². The highest BCUT2D eigenvalue weighted by Crippen LogP contribution is 2.25. The lowest BCUT2D eigenvalue weighted by atomic mass is 10.3.